The number of anilines is 1. The first kappa shape index (κ1) is 25.4. The lowest BCUT2D eigenvalue weighted by Crippen LogP contribution is -2.16. The Hall–Kier alpha value is -4.20. The number of carbonyl (C=O) groups is 3. The number of ketones is 1. The maximum Gasteiger partial charge on any atom is 0.332 e. The van der Waals surface area contributed by atoms with Crippen molar-refractivity contribution in [2.75, 3.05) is 18.5 Å². The smallest absolute Gasteiger partial charge is 0.332 e. The van der Waals surface area contributed by atoms with Crippen LogP contribution in [-0.4, -0.2) is 40.5 Å². The molecule has 3 aromatic rings. The fourth-order valence-corrected chi connectivity index (χ4v) is 3.54. The van der Waals surface area contributed by atoms with E-state index in [4.69, 9.17) is 9.47 Å². The average Bonchev–Trinajstić information content (AvgIpc) is 3.15. The van der Waals surface area contributed by atoms with Crippen LogP contribution in [0, 0.1) is 13.8 Å². The number of rotatable bonds is 10. The van der Waals surface area contributed by atoms with Gasteiger partial charge in [0.15, 0.2) is 5.82 Å². The van der Waals surface area contributed by atoms with Gasteiger partial charge in [-0.05, 0) is 39.8 Å². The number of benzene rings is 2. The Bertz CT molecular complexity index is 1230. The number of hydrogen-bond acceptors (Lipinski definition) is 7. The van der Waals surface area contributed by atoms with Gasteiger partial charge in [-0.3, -0.25) is 14.2 Å². The molecule has 2 aromatic carbocycles. The SMILES string of the molecule is CCOC(=O)/C=C(\CC(=O)OCC)Nc1nc(C)n(-c2ccc(C)cc2)c1C(=O)c1ccccc1. The summed E-state index contributed by atoms with van der Waals surface area (Å²) in [6.07, 6.45) is 0.958. The number of nitrogens with one attached hydrogen (secondary N) is 1. The summed E-state index contributed by atoms with van der Waals surface area (Å²) in [7, 11) is 0. The number of aryl methyl sites for hydroxylation is 2. The molecule has 0 spiro atoms. The van der Waals surface area contributed by atoms with Crippen LogP contribution < -0.4 is 5.32 Å². The lowest BCUT2D eigenvalue weighted by atomic mass is 10.1. The van der Waals surface area contributed by atoms with E-state index in [0.717, 1.165) is 11.3 Å². The quantitative estimate of drug-likeness (QED) is 0.261. The van der Waals surface area contributed by atoms with Gasteiger partial charge >= 0.3 is 11.9 Å². The molecule has 0 saturated carbocycles. The zero-order valence-corrected chi connectivity index (χ0v) is 20.3. The van der Waals surface area contributed by atoms with Crippen LogP contribution in [0.2, 0.25) is 0 Å². The van der Waals surface area contributed by atoms with Crippen molar-refractivity contribution in [3.05, 3.63) is 89.0 Å². The Morgan fingerprint density at radius 3 is 2.23 bits per heavy atom. The molecule has 182 valence electrons. The highest BCUT2D eigenvalue weighted by atomic mass is 16.5. The van der Waals surface area contributed by atoms with Gasteiger partial charge in [0.2, 0.25) is 5.78 Å². The van der Waals surface area contributed by atoms with Crippen LogP contribution in [0.4, 0.5) is 5.82 Å². The Labute approximate surface area is 204 Å². The summed E-state index contributed by atoms with van der Waals surface area (Å²) in [4.78, 5) is 42.6. The zero-order chi connectivity index (χ0) is 25.4. The Kier molecular flexibility index (Phi) is 8.56. The largest absolute Gasteiger partial charge is 0.466 e. The van der Waals surface area contributed by atoms with E-state index in [1.807, 2.05) is 37.3 Å². The summed E-state index contributed by atoms with van der Waals surface area (Å²) >= 11 is 0. The molecule has 0 bridgehead atoms. The lowest BCUT2D eigenvalue weighted by Gasteiger charge is -2.13. The average molecular weight is 476 g/mol. The number of ether oxygens (including phenoxy) is 2. The zero-order valence-electron chi connectivity index (χ0n) is 20.3. The molecule has 1 N–H and O–H groups in total. The molecule has 8 heteroatoms. The summed E-state index contributed by atoms with van der Waals surface area (Å²) in [6, 6.07) is 16.6. The second-order valence-electron chi connectivity index (χ2n) is 7.75. The first-order valence-electron chi connectivity index (χ1n) is 11.4. The van der Waals surface area contributed by atoms with Gasteiger partial charge in [-0.2, -0.15) is 0 Å². The van der Waals surface area contributed by atoms with Crippen LogP contribution in [0.15, 0.2) is 66.4 Å². The molecule has 35 heavy (non-hydrogen) atoms. The van der Waals surface area contributed by atoms with Gasteiger partial charge in [0.1, 0.15) is 11.5 Å². The third kappa shape index (κ3) is 6.44. The Morgan fingerprint density at radius 2 is 1.60 bits per heavy atom. The van der Waals surface area contributed by atoms with Gasteiger partial charge < -0.3 is 14.8 Å². The number of aromatic nitrogens is 2. The van der Waals surface area contributed by atoms with E-state index in [2.05, 4.69) is 10.3 Å². The first-order valence-corrected chi connectivity index (χ1v) is 11.4. The molecule has 1 heterocycles. The molecule has 0 amide bonds. The van der Waals surface area contributed by atoms with Crippen molar-refractivity contribution < 1.29 is 23.9 Å². The van der Waals surface area contributed by atoms with E-state index < -0.39 is 11.9 Å². The van der Waals surface area contributed by atoms with E-state index in [-0.39, 0.29) is 42.6 Å². The van der Waals surface area contributed by atoms with Crippen LogP contribution >= 0.6 is 0 Å². The maximum atomic E-state index is 13.7. The van der Waals surface area contributed by atoms with Gasteiger partial charge in [0.25, 0.3) is 0 Å². The normalized spacial score (nSPS) is 11.1. The first-order chi connectivity index (χ1) is 16.8. The number of esters is 2. The van der Waals surface area contributed by atoms with Crippen molar-refractivity contribution >= 4 is 23.5 Å². The van der Waals surface area contributed by atoms with E-state index in [0.29, 0.717) is 11.4 Å². The standard InChI is InChI=1S/C27H29N3O5/c1-5-34-23(31)16-21(17-24(32)35-6-2)29-27-25(26(33)20-10-8-7-9-11-20)30(19(4)28-27)22-14-12-18(3)13-15-22/h7-16,29H,5-6,17H2,1-4H3/b21-16+. The molecule has 0 saturated heterocycles. The second kappa shape index (κ2) is 11.8. The van der Waals surface area contributed by atoms with Crippen molar-refractivity contribution in [1.29, 1.82) is 0 Å². The molecule has 3 rings (SSSR count). The lowest BCUT2D eigenvalue weighted by molar-refractivity contribution is -0.142. The minimum absolute atomic E-state index is 0.181. The van der Waals surface area contributed by atoms with Gasteiger partial charge in [-0.25, -0.2) is 9.78 Å². The number of imidazole rings is 1. The summed E-state index contributed by atoms with van der Waals surface area (Å²) in [5.74, 6) is -0.633. The van der Waals surface area contributed by atoms with E-state index in [1.54, 1.807) is 49.6 Å². The predicted octanol–water partition coefficient (Wildman–Crippen LogP) is 4.53. The molecular formula is C27H29N3O5. The van der Waals surface area contributed by atoms with E-state index >= 15 is 0 Å². The Morgan fingerprint density at radius 1 is 0.943 bits per heavy atom. The molecular weight excluding hydrogens is 446 g/mol. The second-order valence-corrected chi connectivity index (χ2v) is 7.75. The van der Waals surface area contributed by atoms with Crippen molar-refractivity contribution in [2.45, 2.75) is 34.1 Å². The molecule has 1 aromatic heterocycles. The Balaban J connectivity index is 2.12. The molecule has 0 aliphatic rings. The summed E-state index contributed by atoms with van der Waals surface area (Å²) in [5.41, 5.74) is 2.79. The minimum Gasteiger partial charge on any atom is -0.466 e. The van der Waals surface area contributed by atoms with Crippen LogP contribution in [0.1, 0.15) is 47.7 Å². The van der Waals surface area contributed by atoms with Crippen LogP contribution in [0.3, 0.4) is 0 Å². The highest BCUT2D eigenvalue weighted by molar-refractivity contribution is 6.11. The fourth-order valence-electron chi connectivity index (χ4n) is 3.54. The minimum atomic E-state index is -0.620. The van der Waals surface area contributed by atoms with Crippen molar-refractivity contribution in [3.8, 4) is 5.69 Å². The van der Waals surface area contributed by atoms with Crippen LogP contribution in [0.25, 0.3) is 5.69 Å². The van der Waals surface area contributed by atoms with Crippen LogP contribution in [-0.2, 0) is 19.1 Å². The molecule has 0 unspecified atom stereocenters. The predicted molar refractivity (Wildman–Crippen MR) is 133 cm³/mol. The number of nitrogens with zero attached hydrogens (tertiary/aromatic N) is 2. The molecule has 8 nitrogen and oxygen atoms in total. The van der Waals surface area contributed by atoms with Crippen molar-refractivity contribution in [3.63, 3.8) is 0 Å². The van der Waals surface area contributed by atoms with Gasteiger partial charge in [-0.15, -0.1) is 0 Å². The third-order valence-corrected chi connectivity index (χ3v) is 5.09. The molecule has 0 aliphatic heterocycles. The van der Waals surface area contributed by atoms with Crippen molar-refractivity contribution in [1.82, 2.24) is 9.55 Å². The maximum absolute atomic E-state index is 13.7. The molecule has 0 aliphatic carbocycles. The monoisotopic (exact) mass is 475 g/mol. The number of carbonyl (C=O) groups excluding carboxylic acids is 3. The van der Waals surface area contributed by atoms with Gasteiger partial charge in [0.05, 0.1) is 19.6 Å². The summed E-state index contributed by atoms with van der Waals surface area (Å²) in [6.45, 7) is 7.53. The van der Waals surface area contributed by atoms with Gasteiger partial charge in [-0.1, -0.05) is 48.0 Å². The fraction of sp³-hybridized carbons (Fsp3) is 0.259. The summed E-state index contributed by atoms with van der Waals surface area (Å²) in [5, 5.41) is 3.03. The number of hydrogen-bond donors (Lipinski definition) is 1. The molecule has 0 atom stereocenters. The highest BCUT2D eigenvalue weighted by Gasteiger charge is 2.25. The highest BCUT2D eigenvalue weighted by Crippen LogP contribution is 2.27. The van der Waals surface area contributed by atoms with Crippen LogP contribution in [0.5, 0.6) is 0 Å². The van der Waals surface area contributed by atoms with Crippen molar-refractivity contribution in [2.24, 2.45) is 0 Å². The third-order valence-electron chi connectivity index (χ3n) is 5.09. The van der Waals surface area contributed by atoms with E-state index in [9.17, 15) is 14.4 Å². The summed E-state index contributed by atoms with van der Waals surface area (Å²) < 4.78 is 11.8. The topological polar surface area (TPSA) is 99.5 Å². The van der Waals surface area contributed by atoms with E-state index in [1.165, 1.54) is 6.08 Å². The van der Waals surface area contributed by atoms with Gasteiger partial charge in [0, 0.05) is 23.0 Å². The molecule has 0 fully saturated rings. The molecule has 0 radical (unpaired) electrons.